The van der Waals surface area contributed by atoms with Crippen molar-refractivity contribution < 1.29 is 4.74 Å². The molecule has 0 atom stereocenters. The fraction of sp³-hybridized carbons (Fsp3) is 0.364. The molecule has 1 aromatic carbocycles. The molecule has 0 bridgehead atoms. The third-order valence-corrected chi connectivity index (χ3v) is 2.09. The van der Waals surface area contributed by atoms with Gasteiger partial charge in [0.15, 0.2) is 0 Å². The number of hydrogen-bond donors (Lipinski definition) is 1. The molecule has 0 radical (unpaired) electrons. The zero-order chi connectivity index (χ0) is 10.1. The Morgan fingerprint density at radius 1 is 1.36 bits per heavy atom. The first-order chi connectivity index (χ1) is 6.66. The van der Waals surface area contributed by atoms with E-state index in [0.717, 1.165) is 22.3 Å². The fourth-order valence-electron chi connectivity index (χ4n) is 1.46. The monoisotopic (exact) mass is 190 g/mol. The second-order valence-electron chi connectivity index (χ2n) is 3.69. The lowest BCUT2D eigenvalue weighted by Gasteiger charge is -2.08. The lowest BCUT2D eigenvalue weighted by Crippen LogP contribution is -2.05. The van der Waals surface area contributed by atoms with E-state index in [-0.39, 0.29) is 6.10 Å². The first-order valence-corrected chi connectivity index (χ1v) is 4.78. The number of nitrogens with zero attached hydrogens (tertiary/aromatic N) is 1. The van der Waals surface area contributed by atoms with Gasteiger partial charge in [-0.2, -0.15) is 5.10 Å². The third-order valence-electron chi connectivity index (χ3n) is 2.09. The van der Waals surface area contributed by atoms with Gasteiger partial charge in [-0.25, -0.2) is 0 Å². The van der Waals surface area contributed by atoms with Crippen LogP contribution in [0.4, 0.5) is 0 Å². The molecule has 0 aliphatic rings. The zero-order valence-electron chi connectivity index (χ0n) is 8.66. The van der Waals surface area contributed by atoms with Gasteiger partial charge < -0.3 is 4.74 Å². The fourth-order valence-corrected chi connectivity index (χ4v) is 1.46. The van der Waals surface area contributed by atoms with Crippen LogP contribution in [0.25, 0.3) is 10.9 Å². The van der Waals surface area contributed by atoms with Gasteiger partial charge in [0.05, 0.1) is 11.6 Å². The number of H-pyrrole nitrogens is 1. The van der Waals surface area contributed by atoms with Gasteiger partial charge in [0.25, 0.3) is 0 Å². The average molecular weight is 190 g/mol. The van der Waals surface area contributed by atoms with Gasteiger partial charge in [0, 0.05) is 11.1 Å². The molecule has 1 aromatic heterocycles. The second kappa shape index (κ2) is 3.33. The summed E-state index contributed by atoms with van der Waals surface area (Å²) in [7, 11) is 0. The topological polar surface area (TPSA) is 37.9 Å². The molecule has 1 N–H and O–H groups in total. The van der Waals surface area contributed by atoms with Crippen molar-refractivity contribution in [1.82, 2.24) is 10.2 Å². The highest BCUT2D eigenvalue weighted by atomic mass is 16.5. The quantitative estimate of drug-likeness (QED) is 0.790. The van der Waals surface area contributed by atoms with Crippen LogP contribution in [0.5, 0.6) is 5.75 Å². The Labute approximate surface area is 83.1 Å². The molecule has 3 nitrogen and oxygen atoms in total. The molecule has 2 rings (SSSR count). The van der Waals surface area contributed by atoms with Crippen molar-refractivity contribution >= 4 is 10.9 Å². The van der Waals surface area contributed by atoms with E-state index in [4.69, 9.17) is 4.74 Å². The maximum absolute atomic E-state index is 5.60. The van der Waals surface area contributed by atoms with E-state index in [1.54, 1.807) is 0 Å². The van der Waals surface area contributed by atoms with Crippen LogP contribution in [-0.4, -0.2) is 16.3 Å². The smallest absolute Gasteiger partial charge is 0.120 e. The molecule has 0 aliphatic carbocycles. The number of ether oxygens (including phenoxy) is 1. The van der Waals surface area contributed by atoms with E-state index in [1.165, 1.54) is 0 Å². The molecule has 0 saturated carbocycles. The molecular formula is C11H14N2O. The van der Waals surface area contributed by atoms with E-state index >= 15 is 0 Å². The molecule has 14 heavy (non-hydrogen) atoms. The minimum Gasteiger partial charge on any atom is -0.491 e. The minimum atomic E-state index is 0.208. The number of aromatic amines is 1. The van der Waals surface area contributed by atoms with Gasteiger partial charge in [-0.05, 0) is 39.0 Å². The lowest BCUT2D eigenvalue weighted by molar-refractivity contribution is 0.243. The zero-order valence-corrected chi connectivity index (χ0v) is 8.66. The predicted octanol–water partition coefficient (Wildman–Crippen LogP) is 2.66. The molecule has 1 heterocycles. The number of hydrogen-bond acceptors (Lipinski definition) is 2. The summed E-state index contributed by atoms with van der Waals surface area (Å²) in [6, 6.07) is 5.94. The maximum atomic E-state index is 5.60. The highest BCUT2D eigenvalue weighted by Crippen LogP contribution is 2.22. The summed E-state index contributed by atoms with van der Waals surface area (Å²) >= 11 is 0. The standard InChI is InChI=1S/C11H14N2O/c1-7(2)14-9-4-5-11-10(6-9)8(3)12-13-11/h4-7H,1-3H3,(H,12,13). The Balaban J connectivity index is 2.44. The van der Waals surface area contributed by atoms with Crippen LogP contribution in [0.2, 0.25) is 0 Å². The van der Waals surface area contributed by atoms with Crippen LogP contribution in [0.15, 0.2) is 18.2 Å². The second-order valence-corrected chi connectivity index (χ2v) is 3.69. The minimum absolute atomic E-state index is 0.208. The largest absolute Gasteiger partial charge is 0.491 e. The van der Waals surface area contributed by atoms with Crippen molar-refractivity contribution in [2.45, 2.75) is 26.9 Å². The van der Waals surface area contributed by atoms with Gasteiger partial charge >= 0.3 is 0 Å². The van der Waals surface area contributed by atoms with Gasteiger partial charge in [0.1, 0.15) is 5.75 Å². The van der Waals surface area contributed by atoms with Crippen molar-refractivity contribution in [3.63, 3.8) is 0 Å². The SMILES string of the molecule is Cc1[nH]nc2ccc(OC(C)C)cc12. The van der Waals surface area contributed by atoms with Crippen LogP contribution >= 0.6 is 0 Å². The van der Waals surface area contributed by atoms with Gasteiger partial charge in [0.2, 0.25) is 0 Å². The van der Waals surface area contributed by atoms with Gasteiger partial charge in [-0.15, -0.1) is 0 Å². The van der Waals surface area contributed by atoms with Gasteiger partial charge in [-0.1, -0.05) is 0 Å². The molecule has 2 aromatic rings. The number of aryl methyl sites for hydroxylation is 1. The van der Waals surface area contributed by atoms with Crippen molar-refractivity contribution in [2.75, 3.05) is 0 Å². The Morgan fingerprint density at radius 3 is 2.86 bits per heavy atom. The summed E-state index contributed by atoms with van der Waals surface area (Å²) in [4.78, 5) is 0. The Kier molecular flexibility index (Phi) is 2.15. The first kappa shape index (κ1) is 9.06. The molecule has 0 unspecified atom stereocenters. The first-order valence-electron chi connectivity index (χ1n) is 4.78. The summed E-state index contributed by atoms with van der Waals surface area (Å²) in [5.74, 6) is 0.900. The molecule has 0 saturated heterocycles. The summed E-state index contributed by atoms with van der Waals surface area (Å²) in [5, 5.41) is 8.24. The molecule has 3 heteroatoms. The van der Waals surface area contributed by atoms with Gasteiger partial charge in [-0.3, -0.25) is 5.10 Å². The summed E-state index contributed by atoms with van der Waals surface area (Å²) < 4.78 is 5.60. The highest BCUT2D eigenvalue weighted by Gasteiger charge is 2.03. The number of aromatic nitrogens is 2. The van der Waals surface area contributed by atoms with E-state index in [1.807, 2.05) is 39.0 Å². The van der Waals surface area contributed by atoms with Crippen molar-refractivity contribution in [1.29, 1.82) is 0 Å². The molecule has 74 valence electrons. The molecule has 0 fully saturated rings. The molecule has 0 spiro atoms. The normalized spacial score (nSPS) is 11.1. The highest BCUT2D eigenvalue weighted by molar-refractivity contribution is 5.82. The average Bonchev–Trinajstić information content (AvgIpc) is 2.47. The van der Waals surface area contributed by atoms with Crippen LogP contribution in [0.3, 0.4) is 0 Å². The molecule has 0 amide bonds. The lowest BCUT2D eigenvalue weighted by atomic mass is 10.2. The third kappa shape index (κ3) is 1.58. The van der Waals surface area contributed by atoms with Crippen LogP contribution in [0.1, 0.15) is 19.5 Å². The molecular weight excluding hydrogens is 176 g/mol. The number of benzene rings is 1. The Morgan fingerprint density at radius 2 is 2.14 bits per heavy atom. The molecule has 0 aliphatic heterocycles. The maximum Gasteiger partial charge on any atom is 0.120 e. The van der Waals surface area contributed by atoms with E-state index in [2.05, 4.69) is 10.2 Å². The van der Waals surface area contributed by atoms with Crippen molar-refractivity contribution in [2.24, 2.45) is 0 Å². The van der Waals surface area contributed by atoms with Crippen molar-refractivity contribution in [3.8, 4) is 5.75 Å². The summed E-state index contributed by atoms with van der Waals surface area (Å²) in [6.45, 7) is 6.05. The van der Waals surface area contributed by atoms with Crippen LogP contribution < -0.4 is 4.74 Å². The van der Waals surface area contributed by atoms with Crippen molar-refractivity contribution in [3.05, 3.63) is 23.9 Å². The number of fused-ring (bicyclic) bond motifs is 1. The van der Waals surface area contributed by atoms with E-state index < -0.39 is 0 Å². The Bertz CT molecular complexity index is 445. The van der Waals surface area contributed by atoms with E-state index in [9.17, 15) is 0 Å². The number of nitrogens with one attached hydrogen (secondary N) is 1. The number of rotatable bonds is 2. The predicted molar refractivity (Wildman–Crippen MR) is 56.6 cm³/mol. The Hall–Kier alpha value is -1.51. The summed E-state index contributed by atoms with van der Waals surface area (Å²) in [5.41, 5.74) is 2.06. The van der Waals surface area contributed by atoms with Crippen LogP contribution in [-0.2, 0) is 0 Å². The summed E-state index contributed by atoms with van der Waals surface area (Å²) in [6.07, 6.45) is 0.208. The van der Waals surface area contributed by atoms with E-state index in [0.29, 0.717) is 0 Å². The van der Waals surface area contributed by atoms with Crippen LogP contribution in [0, 0.1) is 6.92 Å².